The predicted octanol–water partition coefficient (Wildman–Crippen LogP) is 7.31. The maximum absolute atomic E-state index is 12.1. The van der Waals surface area contributed by atoms with Crippen molar-refractivity contribution in [1.29, 1.82) is 0 Å². The van der Waals surface area contributed by atoms with Gasteiger partial charge in [0.1, 0.15) is 6.67 Å². The van der Waals surface area contributed by atoms with Gasteiger partial charge in [0.05, 0.1) is 0 Å². The molecule has 0 amide bonds. The molecule has 0 radical (unpaired) electrons. The third-order valence-corrected chi connectivity index (χ3v) is 5.66. The lowest BCUT2D eigenvalue weighted by Crippen LogP contribution is -2.12. The van der Waals surface area contributed by atoms with Crippen LogP contribution in [0.25, 0.3) is 11.1 Å². The van der Waals surface area contributed by atoms with Crippen molar-refractivity contribution in [2.45, 2.75) is 38.0 Å². The minimum absolute atomic E-state index is 0.333. The number of halogens is 2. The van der Waals surface area contributed by atoms with Crippen molar-refractivity contribution in [2.75, 3.05) is 6.67 Å². The normalized spacial score (nSPS) is 21.2. The van der Waals surface area contributed by atoms with Gasteiger partial charge in [0.25, 0.3) is 0 Å². The van der Waals surface area contributed by atoms with E-state index in [1.807, 2.05) is 6.08 Å². The maximum Gasteiger partial charge on any atom is 0.108 e. The Bertz CT molecular complexity index is 649. The van der Waals surface area contributed by atoms with E-state index in [0.29, 0.717) is 5.92 Å². The number of hydrogen-bond donors (Lipinski definition) is 0. The van der Waals surface area contributed by atoms with Gasteiger partial charge in [-0.15, -0.1) is 0 Å². The van der Waals surface area contributed by atoms with Crippen molar-refractivity contribution in [1.82, 2.24) is 0 Å². The molecule has 0 spiro atoms. The van der Waals surface area contributed by atoms with Gasteiger partial charge in [-0.25, -0.2) is 4.39 Å². The average molecular weight is 387 g/mol. The first kappa shape index (κ1) is 17.4. The molecule has 3 rings (SSSR count). The monoisotopic (exact) mass is 386 g/mol. The Morgan fingerprint density at radius 1 is 0.833 bits per heavy atom. The Morgan fingerprint density at radius 3 is 2.00 bits per heavy atom. The number of rotatable bonds is 5. The Labute approximate surface area is 152 Å². The van der Waals surface area contributed by atoms with Gasteiger partial charge < -0.3 is 0 Å². The van der Waals surface area contributed by atoms with E-state index in [1.165, 1.54) is 42.4 Å². The molecule has 0 aromatic heterocycles. The zero-order valence-electron chi connectivity index (χ0n) is 13.9. The fraction of sp³-hybridized carbons (Fsp3) is 0.364. The van der Waals surface area contributed by atoms with Crippen LogP contribution in [-0.2, 0) is 0 Å². The molecule has 0 bridgehead atoms. The number of hydrogen-bond acceptors (Lipinski definition) is 0. The summed E-state index contributed by atoms with van der Waals surface area (Å²) in [5, 5.41) is 0. The molecule has 0 unspecified atom stereocenters. The summed E-state index contributed by atoms with van der Waals surface area (Å²) in [6, 6.07) is 17.5. The third kappa shape index (κ3) is 4.57. The first-order valence-electron chi connectivity index (χ1n) is 8.83. The van der Waals surface area contributed by atoms with Gasteiger partial charge in [0.2, 0.25) is 0 Å². The van der Waals surface area contributed by atoms with Crippen LogP contribution in [0.4, 0.5) is 4.39 Å². The van der Waals surface area contributed by atoms with Crippen LogP contribution >= 0.6 is 15.9 Å². The second-order valence-electron chi connectivity index (χ2n) is 6.71. The standard InChI is InChI=1S/C22H24BrF/c23-22-14-12-21(13-15-22)20-10-8-19(9-11-20)18-6-4-17(5-7-18)3-1-2-16-24/h1-2,8-15,17-18H,3-7,16H2/b2-1+. The van der Waals surface area contributed by atoms with Crippen molar-refractivity contribution in [3.63, 3.8) is 0 Å². The predicted molar refractivity (Wildman–Crippen MR) is 104 cm³/mol. The van der Waals surface area contributed by atoms with Crippen molar-refractivity contribution >= 4 is 15.9 Å². The van der Waals surface area contributed by atoms with E-state index >= 15 is 0 Å². The molecule has 2 heteroatoms. The fourth-order valence-electron chi connectivity index (χ4n) is 3.67. The minimum Gasteiger partial charge on any atom is -0.247 e. The molecule has 1 fully saturated rings. The summed E-state index contributed by atoms with van der Waals surface area (Å²) in [5.41, 5.74) is 4.00. The smallest absolute Gasteiger partial charge is 0.108 e. The van der Waals surface area contributed by atoms with Gasteiger partial charge in [-0.2, -0.15) is 0 Å². The highest BCUT2D eigenvalue weighted by Gasteiger charge is 2.21. The van der Waals surface area contributed by atoms with Gasteiger partial charge >= 0.3 is 0 Å². The Kier molecular flexibility index (Phi) is 6.25. The lowest BCUT2D eigenvalue weighted by atomic mass is 9.77. The van der Waals surface area contributed by atoms with Crippen molar-refractivity contribution < 1.29 is 4.39 Å². The Hall–Kier alpha value is -1.41. The molecule has 2 aromatic rings. The summed E-state index contributed by atoms with van der Waals surface area (Å²) in [4.78, 5) is 0. The van der Waals surface area contributed by atoms with Gasteiger partial charge in [-0.05, 0) is 72.8 Å². The quantitative estimate of drug-likeness (QED) is 0.472. The van der Waals surface area contributed by atoms with Gasteiger partial charge in [0.15, 0.2) is 0 Å². The first-order chi connectivity index (χ1) is 11.8. The highest BCUT2D eigenvalue weighted by Crippen LogP contribution is 2.37. The summed E-state index contributed by atoms with van der Waals surface area (Å²) in [7, 11) is 0. The molecule has 2 aromatic carbocycles. The lowest BCUT2D eigenvalue weighted by molar-refractivity contribution is 0.328. The van der Waals surface area contributed by atoms with Crippen LogP contribution in [-0.4, -0.2) is 6.67 Å². The van der Waals surface area contributed by atoms with E-state index in [4.69, 9.17) is 0 Å². The lowest BCUT2D eigenvalue weighted by Gasteiger charge is -2.28. The van der Waals surface area contributed by atoms with E-state index in [-0.39, 0.29) is 6.67 Å². The minimum atomic E-state index is -0.333. The second kappa shape index (κ2) is 8.62. The fourth-order valence-corrected chi connectivity index (χ4v) is 3.94. The van der Waals surface area contributed by atoms with Gasteiger partial charge in [0, 0.05) is 4.47 Å². The van der Waals surface area contributed by atoms with E-state index in [2.05, 4.69) is 64.5 Å². The molecule has 0 heterocycles. The molecule has 0 aliphatic heterocycles. The molecule has 1 aliphatic carbocycles. The summed E-state index contributed by atoms with van der Waals surface area (Å²) in [5.74, 6) is 1.43. The number of allylic oxidation sites excluding steroid dienone is 2. The van der Waals surface area contributed by atoms with E-state index in [9.17, 15) is 4.39 Å². The average Bonchev–Trinajstić information content (AvgIpc) is 2.63. The molecular weight excluding hydrogens is 363 g/mol. The summed E-state index contributed by atoms with van der Waals surface area (Å²) >= 11 is 3.48. The maximum atomic E-state index is 12.1. The van der Waals surface area contributed by atoms with Gasteiger partial charge in [-0.1, -0.05) is 64.5 Å². The number of benzene rings is 2. The summed E-state index contributed by atoms with van der Waals surface area (Å²) in [6.07, 6.45) is 9.73. The van der Waals surface area contributed by atoms with Crippen molar-refractivity contribution in [2.24, 2.45) is 5.92 Å². The molecule has 0 saturated heterocycles. The van der Waals surface area contributed by atoms with Gasteiger partial charge in [-0.3, -0.25) is 0 Å². The summed E-state index contributed by atoms with van der Waals surface area (Å²) < 4.78 is 13.2. The topological polar surface area (TPSA) is 0 Å². The van der Waals surface area contributed by atoms with Crippen LogP contribution in [0, 0.1) is 5.92 Å². The molecular formula is C22H24BrF. The zero-order chi connectivity index (χ0) is 16.8. The van der Waals surface area contributed by atoms with E-state index < -0.39 is 0 Å². The number of alkyl halides is 1. The van der Waals surface area contributed by atoms with Crippen LogP contribution in [0.1, 0.15) is 43.6 Å². The second-order valence-corrected chi connectivity index (χ2v) is 7.62. The van der Waals surface area contributed by atoms with Crippen LogP contribution in [0.15, 0.2) is 65.2 Å². The van der Waals surface area contributed by atoms with E-state index in [0.717, 1.165) is 16.8 Å². The van der Waals surface area contributed by atoms with E-state index in [1.54, 1.807) is 6.08 Å². The first-order valence-corrected chi connectivity index (χ1v) is 9.62. The largest absolute Gasteiger partial charge is 0.247 e. The Balaban J connectivity index is 1.58. The molecule has 126 valence electrons. The molecule has 1 saturated carbocycles. The highest BCUT2D eigenvalue weighted by molar-refractivity contribution is 9.10. The van der Waals surface area contributed by atoms with Crippen molar-refractivity contribution in [3.05, 3.63) is 70.7 Å². The molecule has 1 aliphatic rings. The van der Waals surface area contributed by atoms with Crippen molar-refractivity contribution in [3.8, 4) is 11.1 Å². The van der Waals surface area contributed by atoms with Crippen LogP contribution in [0.5, 0.6) is 0 Å². The summed E-state index contributed by atoms with van der Waals surface area (Å²) in [6.45, 7) is -0.333. The molecule has 0 nitrogen and oxygen atoms in total. The Morgan fingerprint density at radius 2 is 1.42 bits per heavy atom. The zero-order valence-corrected chi connectivity index (χ0v) is 15.5. The molecule has 24 heavy (non-hydrogen) atoms. The molecule has 0 atom stereocenters. The van der Waals surface area contributed by atoms with Crippen LogP contribution in [0.3, 0.4) is 0 Å². The third-order valence-electron chi connectivity index (χ3n) is 5.13. The molecule has 0 N–H and O–H groups in total. The SMILES string of the molecule is FC/C=C/CC1CCC(c2ccc(-c3ccc(Br)cc3)cc2)CC1. The highest BCUT2D eigenvalue weighted by atomic mass is 79.9. The van der Waals surface area contributed by atoms with Crippen LogP contribution in [0.2, 0.25) is 0 Å². The van der Waals surface area contributed by atoms with Crippen LogP contribution < -0.4 is 0 Å².